The number of carbonyl (C=O) groups excluding carboxylic acids is 1. The molecule has 1 heterocycles. The molecule has 28 heavy (non-hydrogen) atoms. The van der Waals surface area contributed by atoms with Gasteiger partial charge in [-0.05, 0) is 46.9 Å². The van der Waals surface area contributed by atoms with Gasteiger partial charge >= 0.3 is 0 Å². The topological polar surface area (TPSA) is 66.9 Å². The molecule has 0 aliphatic carbocycles. The molecule has 0 radical (unpaired) electrons. The molecule has 6 heteroatoms. The molecule has 1 aromatic heterocycles. The minimum absolute atomic E-state index is 0.0936. The lowest BCUT2D eigenvalue weighted by Gasteiger charge is -2.22. The maximum Gasteiger partial charge on any atom is 0.276 e. The van der Waals surface area contributed by atoms with Crippen LogP contribution in [-0.4, -0.2) is 16.1 Å². The van der Waals surface area contributed by atoms with Crippen LogP contribution in [-0.2, 0) is 12.0 Å². The third kappa shape index (κ3) is 4.91. The van der Waals surface area contributed by atoms with Gasteiger partial charge in [0.1, 0.15) is 11.6 Å². The number of halogens is 1. The molecule has 0 atom stereocenters. The van der Waals surface area contributed by atoms with Crippen molar-refractivity contribution < 1.29 is 9.18 Å². The number of rotatable bonds is 5. The molecule has 2 aromatic carbocycles. The Morgan fingerprint density at radius 3 is 2.32 bits per heavy atom. The van der Waals surface area contributed by atoms with E-state index in [9.17, 15) is 9.18 Å². The average Bonchev–Trinajstić information content (AvgIpc) is 2.67. The summed E-state index contributed by atoms with van der Waals surface area (Å²) in [6, 6.07) is 17.3. The first-order chi connectivity index (χ1) is 13.3. The second-order valence-electron chi connectivity index (χ2n) is 7.53. The van der Waals surface area contributed by atoms with Crippen LogP contribution < -0.4 is 10.6 Å². The molecule has 3 rings (SSSR count). The van der Waals surface area contributed by atoms with Gasteiger partial charge in [-0.15, -0.1) is 10.2 Å². The highest BCUT2D eigenvalue weighted by atomic mass is 19.1. The number of hydrogen-bond donors (Lipinski definition) is 2. The molecule has 3 aromatic rings. The van der Waals surface area contributed by atoms with E-state index < -0.39 is 0 Å². The number of nitrogens with one attached hydrogen (secondary N) is 2. The fourth-order valence-electron chi connectivity index (χ4n) is 2.78. The molecule has 0 saturated carbocycles. The molecule has 1 amide bonds. The third-order valence-electron chi connectivity index (χ3n) is 4.27. The molecular weight excluding hydrogens is 355 g/mol. The number of amides is 1. The second-order valence-corrected chi connectivity index (χ2v) is 7.53. The van der Waals surface area contributed by atoms with Crippen molar-refractivity contribution in [1.29, 1.82) is 0 Å². The van der Waals surface area contributed by atoms with E-state index in [-0.39, 0.29) is 22.8 Å². The van der Waals surface area contributed by atoms with Crippen molar-refractivity contribution in [2.24, 2.45) is 0 Å². The first-order valence-electron chi connectivity index (χ1n) is 9.06. The molecule has 5 nitrogen and oxygen atoms in total. The van der Waals surface area contributed by atoms with Gasteiger partial charge in [0.25, 0.3) is 5.91 Å². The zero-order valence-electron chi connectivity index (χ0n) is 16.2. The van der Waals surface area contributed by atoms with E-state index in [4.69, 9.17) is 0 Å². The Morgan fingerprint density at radius 2 is 1.68 bits per heavy atom. The minimum atomic E-state index is -0.311. The Bertz CT molecular complexity index is 948. The van der Waals surface area contributed by atoms with E-state index in [0.717, 1.165) is 16.8 Å². The van der Waals surface area contributed by atoms with Gasteiger partial charge in [0.05, 0.1) is 0 Å². The lowest BCUT2D eigenvalue weighted by Crippen LogP contribution is -2.19. The van der Waals surface area contributed by atoms with E-state index in [1.54, 1.807) is 24.3 Å². The zero-order chi connectivity index (χ0) is 20.1. The molecule has 0 saturated heterocycles. The molecule has 0 spiro atoms. The Kier molecular flexibility index (Phi) is 5.68. The average molecular weight is 378 g/mol. The lowest BCUT2D eigenvalue weighted by molar-refractivity contribution is 0.102. The number of benzene rings is 2. The first-order valence-corrected chi connectivity index (χ1v) is 9.06. The van der Waals surface area contributed by atoms with Crippen LogP contribution in [0.3, 0.4) is 0 Å². The molecule has 0 bridgehead atoms. The van der Waals surface area contributed by atoms with Gasteiger partial charge in [0.2, 0.25) is 0 Å². The highest BCUT2D eigenvalue weighted by Gasteiger charge is 2.19. The molecular formula is C22H23FN4O. The van der Waals surface area contributed by atoms with Gasteiger partial charge in [-0.1, -0.05) is 51.1 Å². The van der Waals surface area contributed by atoms with Crippen molar-refractivity contribution in [3.8, 4) is 0 Å². The van der Waals surface area contributed by atoms with Crippen molar-refractivity contribution in [2.45, 2.75) is 32.7 Å². The summed E-state index contributed by atoms with van der Waals surface area (Å²) >= 11 is 0. The highest BCUT2D eigenvalue weighted by Crippen LogP contribution is 2.29. The largest absolute Gasteiger partial charge is 0.365 e. The summed E-state index contributed by atoms with van der Waals surface area (Å²) in [5.41, 5.74) is 2.87. The quantitative estimate of drug-likeness (QED) is 0.671. The summed E-state index contributed by atoms with van der Waals surface area (Å²) in [6.45, 7) is 6.78. The molecule has 0 aliphatic heterocycles. The summed E-state index contributed by atoms with van der Waals surface area (Å²) < 4.78 is 12.9. The number of aromatic nitrogens is 2. The van der Waals surface area contributed by atoms with E-state index in [2.05, 4.69) is 41.6 Å². The van der Waals surface area contributed by atoms with Gasteiger partial charge in [-0.3, -0.25) is 4.79 Å². The normalized spacial score (nSPS) is 11.1. The van der Waals surface area contributed by atoms with Gasteiger partial charge in [0, 0.05) is 12.2 Å². The van der Waals surface area contributed by atoms with Crippen LogP contribution in [0.25, 0.3) is 0 Å². The molecule has 2 N–H and O–H groups in total. The summed E-state index contributed by atoms with van der Waals surface area (Å²) in [6.07, 6.45) is 0. The van der Waals surface area contributed by atoms with Crippen molar-refractivity contribution in [3.63, 3.8) is 0 Å². The van der Waals surface area contributed by atoms with Crippen molar-refractivity contribution in [1.82, 2.24) is 10.2 Å². The number of anilines is 2. The van der Waals surface area contributed by atoms with Crippen LogP contribution in [0.4, 0.5) is 15.9 Å². The van der Waals surface area contributed by atoms with Gasteiger partial charge in [0.15, 0.2) is 5.69 Å². The first kappa shape index (κ1) is 19.5. The minimum Gasteiger partial charge on any atom is -0.365 e. The van der Waals surface area contributed by atoms with Crippen molar-refractivity contribution >= 4 is 17.4 Å². The number of para-hydroxylation sites is 1. The lowest BCUT2D eigenvalue weighted by atomic mass is 9.86. The van der Waals surface area contributed by atoms with Crippen LogP contribution >= 0.6 is 0 Å². The Hall–Kier alpha value is -3.28. The predicted octanol–water partition coefficient (Wildman–Crippen LogP) is 4.78. The standard InChI is InChI=1S/C22H23FN4O/c1-22(2,3)17-6-4-5-7-18(17)25-21(28)19-12-13-20(27-26-19)24-14-15-8-10-16(23)11-9-15/h4-13H,14H2,1-3H3,(H,24,27)(H,25,28). The van der Waals surface area contributed by atoms with E-state index in [0.29, 0.717) is 12.4 Å². The molecule has 0 unspecified atom stereocenters. The van der Waals surface area contributed by atoms with Crippen LogP contribution in [0.1, 0.15) is 42.4 Å². The number of hydrogen-bond acceptors (Lipinski definition) is 4. The number of carbonyl (C=O) groups is 1. The fourth-order valence-corrected chi connectivity index (χ4v) is 2.78. The van der Waals surface area contributed by atoms with Crippen LogP contribution in [0.5, 0.6) is 0 Å². The summed E-state index contributed by atoms with van der Waals surface area (Å²) in [4.78, 5) is 12.5. The Morgan fingerprint density at radius 1 is 0.964 bits per heavy atom. The van der Waals surface area contributed by atoms with E-state index in [1.807, 2.05) is 24.3 Å². The zero-order valence-corrected chi connectivity index (χ0v) is 16.2. The summed E-state index contributed by atoms with van der Waals surface area (Å²) in [5, 5.41) is 14.1. The second kappa shape index (κ2) is 8.17. The smallest absolute Gasteiger partial charge is 0.276 e. The molecule has 144 valence electrons. The SMILES string of the molecule is CC(C)(C)c1ccccc1NC(=O)c1ccc(NCc2ccc(F)cc2)nn1. The van der Waals surface area contributed by atoms with Crippen molar-refractivity contribution in [3.05, 3.63) is 83.3 Å². The van der Waals surface area contributed by atoms with Crippen molar-refractivity contribution in [2.75, 3.05) is 10.6 Å². The Labute approximate surface area is 164 Å². The predicted molar refractivity (Wildman–Crippen MR) is 109 cm³/mol. The van der Waals surface area contributed by atoms with Crippen LogP contribution in [0.2, 0.25) is 0 Å². The number of nitrogens with zero attached hydrogens (tertiary/aromatic N) is 2. The maximum atomic E-state index is 12.9. The van der Waals surface area contributed by atoms with Gasteiger partial charge in [-0.2, -0.15) is 0 Å². The molecule has 0 aliphatic rings. The monoisotopic (exact) mass is 378 g/mol. The maximum absolute atomic E-state index is 12.9. The third-order valence-corrected chi connectivity index (χ3v) is 4.27. The summed E-state index contributed by atoms with van der Waals surface area (Å²) in [7, 11) is 0. The van der Waals surface area contributed by atoms with E-state index >= 15 is 0 Å². The summed E-state index contributed by atoms with van der Waals surface area (Å²) in [5.74, 6) is -0.0443. The van der Waals surface area contributed by atoms with Crippen LogP contribution in [0.15, 0.2) is 60.7 Å². The molecule has 0 fully saturated rings. The van der Waals surface area contributed by atoms with Gasteiger partial charge < -0.3 is 10.6 Å². The van der Waals surface area contributed by atoms with Gasteiger partial charge in [-0.25, -0.2) is 4.39 Å². The van der Waals surface area contributed by atoms with Crippen LogP contribution in [0, 0.1) is 5.82 Å². The highest BCUT2D eigenvalue weighted by molar-refractivity contribution is 6.03. The Balaban J connectivity index is 1.65. The van der Waals surface area contributed by atoms with E-state index in [1.165, 1.54) is 12.1 Å². The fraction of sp³-hybridized carbons (Fsp3) is 0.227.